The summed E-state index contributed by atoms with van der Waals surface area (Å²) in [7, 11) is 0. The van der Waals surface area contributed by atoms with Crippen LogP contribution in [0.1, 0.15) is 29.2 Å². The Kier molecular flexibility index (Phi) is 5.98. The maximum Gasteiger partial charge on any atom is 0.419 e. The molecule has 30 heavy (non-hydrogen) atoms. The number of hydrogen-bond donors (Lipinski definition) is 2. The molecule has 2 unspecified atom stereocenters. The highest BCUT2D eigenvalue weighted by molar-refractivity contribution is 6.31. The van der Waals surface area contributed by atoms with Gasteiger partial charge in [-0.15, -0.1) is 0 Å². The van der Waals surface area contributed by atoms with Crippen LogP contribution in [-0.2, 0) is 15.8 Å². The number of nitrogens with one attached hydrogen (secondary N) is 2. The molecule has 0 aromatic heterocycles. The Labute approximate surface area is 171 Å². The molecule has 1 aliphatic heterocycles. The zero-order chi connectivity index (χ0) is 22.2. The second-order valence-corrected chi connectivity index (χ2v) is 7.03. The third-order valence-electron chi connectivity index (χ3n) is 4.64. The van der Waals surface area contributed by atoms with E-state index in [2.05, 4.69) is 10.6 Å². The molecule has 0 aliphatic carbocycles. The molecule has 2 N–H and O–H groups in total. The smallest absolute Gasteiger partial charge is 0.355 e. The molecule has 1 aliphatic rings. The van der Waals surface area contributed by atoms with Crippen LogP contribution >= 0.6 is 11.6 Å². The first-order valence-electron chi connectivity index (χ1n) is 8.56. The van der Waals surface area contributed by atoms with Crippen molar-refractivity contribution in [2.45, 2.75) is 18.6 Å². The summed E-state index contributed by atoms with van der Waals surface area (Å²) in [5.41, 5.74) is -2.35. The minimum absolute atomic E-state index is 0.0126. The van der Waals surface area contributed by atoms with Gasteiger partial charge in [0.2, 0.25) is 11.8 Å². The molecular weight excluding hydrogens is 438 g/mol. The van der Waals surface area contributed by atoms with Crippen molar-refractivity contribution in [2.24, 2.45) is 5.92 Å². The van der Waals surface area contributed by atoms with Crippen LogP contribution < -0.4 is 10.6 Å². The van der Waals surface area contributed by atoms with Gasteiger partial charge in [-0.25, -0.2) is 13.2 Å². The Bertz CT molecular complexity index is 1010. The van der Waals surface area contributed by atoms with E-state index in [4.69, 9.17) is 11.6 Å². The van der Waals surface area contributed by atoms with Crippen LogP contribution in [0.3, 0.4) is 0 Å². The van der Waals surface area contributed by atoms with E-state index in [0.29, 0.717) is 12.1 Å². The Hall–Kier alpha value is -2.75. The zero-order valence-electron chi connectivity index (χ0n) is 14.9. The summed E-state index contributed by atoms with van der Waals surface area (Å²) in [6.07, 6.45) is -5.21. The summed E-state index contributed by atoms with van der Waals surface area (Å²) < 4.78 is 81.2. The van der Waals surface area contributed by atoms with Crippen LogP contribution in [0.15, 0.2) is 30.3 Å². The predicted octanol–water partition coefficient (Wildman–Crippen LogP) is 4.12. The number of carbonyl (C=O) groups is 2. The summed E-state index contributed by atoms with van der Waals surface area (Å²) in [6, 6.07) is 2.04. The zero-order valence-corrected chi connectivity index (χ0v) is 15.7. The first-order valence-corrected chi connectivity index (χ1v) is 8.94. The predicted molar refractivity (Wildman–Crippen MR) is 93.9 cm³/mol. The number of carbonyl (C=O) groups excluding carboxylic acids is 2. The highest BCUT2D eigenvalue weighted by Crippen LogP contribution is 2.36. The van der Waals surface area contributed by atoms with Crippen molar-refractivity contribution in [2.75, 3.05) is 6.54 Å². The van der Waals surface area contributed by atoms with Gasteiger partial charge in [0.25, 0.3) is 0 Å². The van der Waals surface area contributed by atoms with Crippen molar-refractivity contribution in [1.29, 1.82) is 0 Å². The molecule has 0 spiro atoms. The van der Waals surface area contributed by atoms with Crippen molar-refractivity contribution in [3.8, 4) is 0 Å². The average molecular weight is 451 g/mol. The number of amides is 2. The van der Waals surface area contributed by atoms with E-state index in [0.717, 1.165) is 18.2 Å². The normalized spacial score (nSPS) is 17.6. The minimum Gasteiger partial charge on any atom is -0.355 e. The van der Waals surface area contributed by atoms with Crippen LogP contribution in [0, 0.1) is 23.4 Å². The molecule has 11 heteroatoms. The number of benzene rings is 2. The molecule has 4 nitrogen and oxygen atoms in total. The van der Waals surface area contributed by atoms with Gasteiger partial charge in [-0.05, 0) is 23.8 Å². The quantitative estimate of drug-likeness (QED) is 0.544. The van der Waals surface area contributed by atoms with Crippen molar-refractivity contribution in [3.05, 3.63) is 69.5 Å². The fourth-order valence-electron chi connectivity index (χ4n) is 3.09. The maximum absolute atomic E-state index is 14.6. The third-order valence-corrected chi connectivity index (χ3v) is 4.99. The summed E-state index contributed by atoms with van der Waals surface area (Å²) in [4.78, 5) is 23.9. The van der Waals surface area contributed by atoms with Crippen LogP contribution in [0.5, 0.6) is 0 Å². The van der Waals surface area contributed by atoms with Gasteiger partial charge in [0, 0.05) is 18.5 Å². The second kappa shape index (κ2) is 8.17. The highest BCUT2D eigenvalue weighted by atomic mass is 35.5. The van der Waals surface area contributed by atoms with Gasteiger partial charge in [0.1, 0.15) is 22.5 Å². The lowest BCUT2D eigenvalue weighted by Crippen LogP contribution is -2.36. The molecule has 0 bridgehead atoms. The number of rotatable bonds is 4. The summed E-state index contributed by atoms with van der Waals surface area (Å²) >= 11 is 5.57. The maximum atomic E-state index is 14.6. The molecule has 3 rings (SSSR count). The monoisotopic (exact) mass is 450 g/mol. The Morgan fingerprint density at radius 2 is 1.80 bits per heavy atom. The van der Waals surface area contributed by atoms with Gasteiger partial charge in [0.15, 0.2) is 0 Å². The van der Waals surface area contributed by atoms with Crippen molar-refractivity contribution < 1.29 is 35.9 Å². The van der Waals surface area contributed by atoms with Crippen LogP contribution in [-0.4, -0.2) is 18.4 Å². The standard InChI is InChI=1S/C19H13ClF6N2O2/c20-15-13(22)4-2-10(16(15)23)17(28-18(30)9-6-14(29)27-7-9)8-1-3-12(21)11(5-8)19(24,25)26/h1-5,9,17H,6-7H2,(H,27,29)(H,28,30). The molecule has 2 aromatic rings. The first-order chi connectivity index (χ1) is 14.0. The Morgan fingerprint density at radius 1 is 1.13 bits per heavy atom. The molecule has 2 atom stereocenters. The van der Waals surface area contributed by atoms with Crippen LogP contribution in [0.2, 0.25) is 5.02 Å². The number of hydrogen-bond acceptors (Lipinski definition) is 2. The van der Waals surface area contributed by atoms with E-state index in [1.54, 1.807) is 0 Å². The molecule has 2 aromatic carbocycles. The van der Waals surface area contributed by atoms with Gasteiger partial charge in [-0.3, -0.25) is 9.59 Å². The summed E-state index contributed by atoms with van der Waals surface area (Å²) in [5, 5.41) is 3.87. The van der Waals surface area contributed by atoms with E-state index < -0.39 is 63.6 Å². The van der Waals surface area contributed by atoms with E-state index in [1.165, 1.54) is 0 Å². The highest BCUT2D eigenvalue weighted by Gasteiger charge is 2.36. The topological polar surface area (TPSA) is 58.2 Å². The minimum atomic E-state index is -5.05. The molecule has 160 valence electrons. The van der Waals surface area contributed by atoms with Crippen LogP contribution in [0.25, 0.3) is 0 Å². The lowest BCUT2D eigenvalue weighted by atomic mass is 9.95. The van der Waals surface area contributed by atoms with Crippen LogP contribution in [0.4, 0.5) is 26.3 Å². The molecule has 1 fully saturated rings. The van der Waals surface area contributed by atoms with Gasteiger partial charge in [0.05, 0.1) is 17.5 Å². The Balaban J connectivity index is 2.08. The molecule has 1 heterocycles. The summed E-state index contributed by atoms with van der Waals surface area (Å²) in [6.45, 7) is -0.0126. The van der Waals surface area contributed by atoms with Gasteiger partial charge >= 0.3 is 6.18 Å². The SMILES string of the molecule is O=C1CC(C(=O)NC(c2ccc(F)c(C(F)(F)F)c2)c2ccc(F)c(Cl)c2F)CN1. The molecule has 0 saturated carbocycles. The molecule has 2 amide bonds. The van der Waals surface area contributed by atoms with Crippen molar-refractivity contribution >= 4 is 23.4 Å². The lowest BCUT2D eigenvalue weighted by Gasteiger charge is -2.23. The van der Waals surface area contributed by atoms with Crippen molar-refractivity contribution in [1.82, 2.24) is 10.6 Å². The van der Waals surface area contributed by atoms with E-state index in [9.17, 15) is 35.9 Å². The first kappa shape index (κ1) is 21.9. The summed E-state index contributed by atoms with van der Waals surface area (Å²) in [5.74, 6) is -5.95. The lowest BCUT2D eigenvalue weighted by molar-refractivity contribution is -0.140. The van der Waals surface area contributed by atoms with E-state index in [1.807, 2.05) is 0 Å². The van der Waals surface area contributed by atoms with Gasteiger partial charge in [-0.2, -0.15) is 13.2 Å². The second-order valence-electron chi connectivity index (χ2n) is 6.65. The number of alkyl halides is 3. The Morgan fingerprint density at radius 3 is 2.40 bits per heavy atom. The van der Waals surface area contributed by atoms with Gasteiger partial charge in [-0.1, -0.05) is 23.7 Å². The molecule has 1 saturated heterocycles. The van der Waals surface area contributed by atoms with Gasteiger partial charge < -0.3 is 10.6 Å². The number of halogens is 7. The third kappa shape index (κ3) is 4.38. The van der Waals surface area contributed by atoms with Crippen molar-refractivity contribution in [3.63, 3.8) is 0 Å². The fraction of sp³-hybridized carbons (Fsp3) is 0.263. The fourth-order valence-corrected chi connectivity index (χ4v) is 3.27. The largest absolute Gasteiger partial charge is 0.419 e. The average Bonchev–Trinajstić information content (AvgIpc) is 3.11. The molecule has 0 radical (unpaired) electrons. The van der Waals surface area contributed by atoms with E-state index >= 15 is 0 Å². The van der Waals surface area contributed by atoms with E-state index in [-0.39, 0.29) is 18.5 Å². The molecular formula is C19H13ClF6N2O2.